The van der Waals surface area contributed by atoms with Gasteiger partial charge in [-0.25, -0.2) is 9.97 Å². The summed E-state index contributed by atoms with van der Waals surface area (Å²) in [4.78, 5) is 9.06. The first kappa shape index (κ1) is 15.4. The quantitative estimate of drug-likeness (QED) is 0.345. The fraction of sp³-hybridized carbons (Fsp3) is 0. The van der Waals surface area contributed by atoms with E-state index in [1.165, 1.54) is 0 Å². The molecule has 0 aliphatic rings. The van der Waals surface area contributed by atoms with Gasteiger partial charge in [0.1, 0.15) is 5.15 Å². The van der Waals surface area contributed by atoms with Crippen LogP contribution in [0.4, 0.5) is 0 Å². The third kappa shape index (κ3) is 3.38. The molecule has 1 aromatic heterocycles. The summed E-state index contributed by atoms with van der Waals surface area (Å²) in [7, 11) is 0. The van der Waals surface area contributed by atoms with E-state index in [-0.39, 0.29) is 0 Å². The van der Waals surface area contributed by atoms with Gasteiger partial charge >= 0.3 is 0 Å². The van der Waals surface area contributed by atoms with Gasteiger partial charge < -0.3 is 0 Å². The van der Waals surface area contributed by atoms with E-state index in [0.717, 1.165) is 27.6 Å². The zero-order valence-corrected chi connectivity index (χ0v) is 14.0. The molecule has 0 aliphatic heterocycles. The minimum Gasteiger partial charge on any atom is -0.228 e. The first-order valence-electron chi connectivity index (χ1n) is 7.89. The van der Waals surface area contributed by atoms with Crippen LogP contribution in [0.25, 0.3) is 22.3 Å². The molecule has 0 unspecified atom stereocenters. The van der Waals surface area contributed by atoms with Gasteiger partial charge in [-0.2, -0.15) is 0 Å². The van der Waals surface area contributed by atoms with Crippen LogP contribution in [0.15, 0.2) is 78.9 Å². The molecular weight excluding hydrogens is 328 g/mol. The van der Waals surface area contributed by atoms with Crippen LogP contribution in [0, 0.1) is 11.8 Å². The second-order valence-electron chi connectivity index (χ2n) is 5.55. The molecule has 118 valence electrons. The van der Waals surface area contributed by atoms with Gasteiger partial charge in [0, 0.05) is 22.1 Å². The maximum absolute atomic E-state index is 6.40. The molecule has 0 N–H and O–H groups in total. The molecule has 1 heterocycles. The number of hydrogen-bond donors (Lipinski definition) is 0. The van der Waals surface area contributed by atoms with E-state index in [2.05, 4.69) is 21.8 Å². The Balaban J connectivity index is 1.75. The van der Waals surface area contributed by atoms with Gasteiger partial charge in [0.25, 0.3) is 0 Å². The maximum atomic E-state index is 6.40. The Morgan fingerprint density at radius 3 is 2.12 bits per heavy atom. The van der Waals surface area contributed by atoms with Crippen molar-refractivity contribution in [2.24, 2.45) is 0 Å². The topological polar surface area (TPSA) is 25.8 Å². The summed E-state index contributed by atoms with van der Waals surface area (Å²) >= 11 is 6.40. The SMILES string of the molecule is Clc1nc(-c2ccccc2)nc2ccc(C#Cc3ccccc3)cc12. The maximum Gasteiger partial charge on any atom is 0.161 e. The summed E-state index contributed by atoms with van der Waals surface area (Å²) in [5.74, 6) is 6.94. The molecule has 2 nitrogen and oxygen atoms in total. The molecule has 4 aromatic rings. The summed E-state index contributed by atoms with van der Waals surface area (Å²) in [6, 6.07) is 25.5. The molecule has 0 atom stereocenters. The number of hydrogen-bond acceptors (Lipinski definition) is 2. The standard InChI is InChI=1S/C22H13ClN2/c23-21-19-15-17(12-11-16-7-3-1-4-8-16)13-14-20(19)24-22(25-21)18-9-5-2-6-10-18/h1-10,13-15H. The molecule has 0 radical (unpaired) electrons. The number of halogens is 1. The second-order valence-corrected chi connectivity index (χ2v) is 5.91. The van der Waals surface area contributed by atoms with Gasteiger partial charge in [-0.15, -0.1) is 0 Å². The largest absolute Gasteiger partial charge is 0.228 e. The summed E-state index contributed by atoms with van der Waals surface area (Å²) in [5, 5.41) is 1.24. The molecular formula is C22H13ClN2. The van der Waals surface area contributed by atoms with Crippen molar-refractivity contribution in [3.63, 3.8) is 0 Å². The minimum atomic E-state index is 0.437. The zero-order valence-electron chi connectivity index (χ0n) is 13.3. The van der Waals surface area contributed by atoms with E-state index in [1.807, 2.05) is 78.9 Å². The summed E-state index contributed by atoms with van der Waals surface area (Å²) in [6.07, 6.45) is 0. The fourth-order valence-corrected chi connectivity index (χ4v) is 2.78. The van der Waals surface area contributed by atoms with E-state index in [9.17, 15) is 0 Å². The van der Waals surface area contributed by atoms with Gasteiger partial charge in [-0.1, -0.05) is 72.0 Å². The summed E-state index contributed by atoms with van der Waals surface area (Å²) in [5.41, 5.74) is 3.61. The van der Waals surface area contributed by atoms with Crippen molar-refractivity contribution in [2.45, 2.75) is 0 Å². The number of rotatable bonds is 1. The molecule has 0 bridgehead atoms. The Bertz CT molecular complexity index is 1090. The smallest absolute Gasteiger partial charge is 0.161 e. The van der Waals surface area contributed by atoms with Crippen LogP contribution >= 0.6 is 11.6 Å². The third-order valence-corrected chi connectivity index (χ3v) is 4.09. The van der Waals surface area contributed by atoms with Crippen molar-refractivity contribution in [1.29, 1.82) is 0 Å². The third-order valence-electron chi connectivity index (χ3n) is 3.81. The highest BCUT2D eigenvalue weighted by Crippen LogP contribution is 2.25. The molecule has 0 amide bonds. The van der Waals surface area contributed by atoms with Crippen molar-refractivity contribution < 1.29 is 0 Å². The van der Waals surface area contributed by atoms with Gasteiger partial charge in [0.2, 0.25) is 0 Å². The predicted molar refractivity (Wildman–Crippen MR) is 102 cm³/mol. The Hall–Kier alpha value is -3.15. The highest BCUT2D eigenvalue weighted by Gasteiger charge is 2.08. The Labute approximate surface area is 151 Å². The zero-order chi connectivity index (χ0) is 17.1. The molecule has 0 fully saturated rings. The minimum absolute atomic E-state index is 0.437. The van der Waals surface area contributed by atoms with E-state index >= 15 is 0 Å². The van der Waals surface area contributed by atoms with Crippen molar-refractivity contribution in [3.05, 3.63) is 95.1 Å². The summed E-state index contributed by atoms with van der Waals surface area (Å²) < 4.78 is 0. The number of benzene rings is 3. The van der Waals surface area contributed by atoms with Crippen LogP contribution in [0.1, 0.15) is 11.1 Å². The van der Waals surface area contributed by atoms with Crippen LogP contribution < -0.4 is 0 Å². The highest BCUT2D eigenvalue weighted by molar-refractivity contribution is 6.34. The lowest BCUT2D eigenvalue weighted by atomic mass is 10.1. The molecule has 0 spiro atoms. The average molecular weight is 341 g/mol. The molecule has 3 aromatic carbocycles. The normalized spacial score (nSPS) is 10.3. The molecule has 4 rings (SSSR count). The Kier molecular flexibility index (Phi) is 4.16. The average Bonchev–Trinajstić information content (AvgIpc) is 2.68. The first-order chi connectivity index (χ1) is 12.3. The van der Waals surface area contributed by atoms with Crippen LogP contribution in [-0.2, 0) is 0 Å². The number of fused-ring (bicyclic) bond motifs is 1. The van der Waals surface area contributed by atoms with Crippen molar-refractivity contribution in [2.75, 3.05) is 0 Å². The molecule has 0 aliphatic carbocycles. The van der Waals surface area contributed by atoms with Gasteiger partial charge in [-0.3, -0.25) is 0 Å². The highest BCUT2D eigenvalue weighted by atomic mass is 35.5. The molecule has 25 heavy (non-hydrogen) atoms. The van der Waals surface area contributed by atoms with Crippen molar-refractivity contribution in [3.8, 4) is 23.2 Å². The van der Waals surface area contributed by atoms with Crippen LogP contribution in [-0.4, -0.2) is 9.97 Å². The van der Waals surface area contributed by atoms with E-state index in [1.54, 1.807) is 0 Å². The lowest BCUT2D eigenvalue weighted by Gasteiger charge is -2.05. The molecule has 0 saturated heterocycles. The Morgan fingerprint density at radius 2 is 1.36 bits per heavy atom. The van der Waals surface area contributed by atoms with E-state index in [0.29, 0.717) is 11.0 Å². The van der Waals surface area contributed by atoms with Crippen molar-refractivity contribution in [1.82, 2.24) is 9.97 Å². The second kappa shape index (κ2) is 6.76. The lowest BCUT2D eigenvalue weighted by molar-refractivity contribution is 1.23. The lowest BCUT2D eigenvalue weighted by Crippen LogP contribution is -1.92. The van der Waals surface area contributed by atoms with Gasteiger partial charge in [0.15, 0.2) is 5.82 Å². The van der Waals surface area contributed by atoms with E-state index in [4.69, 9.17) is 11.6 Å². The monoisotopic (exact) mass is 340 g/mol. The number of nitrogens with zero attached hydrogens (tertiary/aromatic N) is 2. The van der Waals surface area contributed by atoms with Crippen LogP contribution in [0.3, 0.4) is 0 Å². The summed E-state index contributed by atoms with van der Waals surface area (Å²) in [6.45, 7) is 0. The molecule has 0 saturated carbocycles. The van der Waals surface area contributed by atoms with Gasteiger partial charge in [0.05, 0.1) is 5.52 Å². The van der Waals surface area contributed by atoms with E-state index < -0.39 is 0 Å². The Morgan fingerprint density at radius 1 is 0.680 bits per heavy atom. The van der Waals surface area contributed by atoms with Gasteiger partial charge in [-0.05, 0) is 30.3 Å². The fourth-order valence-electron chi connectivity index (χ4n) is 2.55. The van der Waals surface area contributed by atoms with Crippen LogP contribution in [0.5, 0.6) is 0 Å². The number of aromatic nitrogens is 2. The first-order valence-corrected chi connectivity index (χ1v) is 8.27. The van der Waals surface area contributed by atoms with Crippen LogP contribution in [0.2, 0.25) is 5.15 Å². The van der Waals surface area contributed by atoms with Crippen molar-refractivity contribution >= 4 is 22.5 Å². The molecule has 3 heteroatoms. The predicted octanol–water partition coefficient (Wildman–Crippen LogP) is 5.35.